The van der Waals surface area contributed by atoms with Crippen LogP contribution in [0.4, 0.5) is 11.5 Å². The summed E-state index contributed by atoms with van der Waals surface area (Å²) in [4.78, 5) is 61.6. The maximum absolute atomic E-state index is 15.1. The number of aromatic nitrogens is 2. The van der Waals surface area contributed by atoms with Crippen molar-refractivity contribution in [2.45, 2.75) is 39.5 Å². The van der Waals surface area contributed by atoms with Gasteiger partial charge in [0.15, 0.2) is 0 Å². The molecule has 9 nitrogen and oxygen atoms in total. The average Bonchev–Trinajstić information content (AvgIpc) is 3.80. The third-order valence-electron chi connectivity index (χ3n) is 12.2. The fourth-order valence-corrected chi connectivity index (χ4v) is 11.0. The minimum absolute atomic E-state index is 0.0413. The first kappa shape index (κ1) is 34.0. The highest BCUT2D eigenvalue weighted by molar-refractivity contribution is 7.22. The number of carbonyl (C=O) groups is 4. The Kier molecular flexibility index (Phi) is 7.62. The van der Waals surface area contributed by atoms with E-state index >= 15 is 4.79 Å². The van der Waals surface area contributed by atoms with E-state index in [1.807, 2.05) is 44.2 Å². The Morgan fingerprint density at radius 1 is 0.887 bits per heavy atom. The summed E-state index contributed by atoms with van der Waals surface area (Å²) >= 11 is 14.0. The van der Waals surface area contributed by atoms with Gasteiger partial charge in [0.05, 0.1) is 33.7 Å². The molecule has 12 heteroatoms. The molecule has 4 heterocycles. The fraction of sp³-hybridized carbons (Fsp3) is 0.293. The van der Waals surface area contributed by atoms with Gasteiger partial charge in [0, 0.05) is 39.3 Å². The molecule has 2 aliphatic heterocycles. The first-order valence-electron chi connectivity index (χ1n) is 17.5. The van der Waals surface area contributed by atoms with Gasteiger partial charge < -0.3 is 5.11 Å². The Morgan fingerprint density at radius 3 is 2.38 bits per heavy atom. The van der Waals surface area contributed by atoms with Crippen LogP contribution in [0.3, 0.4) is 0 Å². The summed E-state index contributed by atoms with van der Waals surface area (Å²) in [6.45, 7) is 5.61. The first-order chi connectivity index (χ1) is 25.3. The number of phenolic OH excluding ortho intramolecular Hbond substituents is 1. The lowest BCUT2D eigenvalue weighted by Gasteiger charge is -2.49. The van der Waals surface area contributed by atoms with Gasteiger partial charge in [-0.15, -0.1) is 11.3 Å². The molecule has 5 aromatic rings. The van der Waals surface area contributed by atoms with Crippen molar-refractivity contribution in [2.75, 3.05) is 9.80 Å². The van der Waals surface area contributed by atoms with Crippen molar-refractivity contribution in [2.24, 2.45) is 36.1 Å². The van der Waals surface area contributed by atoms with Crippen LogP contribution in [-0.4, -0.2) is 38.5 Å². The molecule has 1 saturated carbocycles. The molecule has 0 radical (unpaired) electrons. The summed E-state index contributed by atoms with van der Waals surface area (Å²) in [5, 5.41) is 18.5. The number of hydrogen-bond acceptors (Lipinski definition) is 7. The zero-order chi connectivity index (χ0) is 37.2. The number of anilines is 2. The van der Waals surface area contributed by atoms with E-state index in [0.717, 1.165) is 26.1 Å². The molecule has 53 heavy (non-hydrogen) atoms. The molecule has 268 valence electrons. The highest BCUT2D eigenvalue weighted by Gasteiger charge is 2.68. The van der Waals surface area contributed by atoms with Crippen molar-refractivity contribution >= 4 is 79.8 Å². The van der Waals surface area contributed by atoms with Gasteiger partial charge in [-0.25, -0.2) is 4.90 Å². The van der Waals surface area contributed by atoms with Crippen molar-refractivity contribution in [3.05, 3.63) is 105 Å². The Bertz CT molecular complexity index is 2490. The molecule has 2 aliphatic carbocycles. The smallest absolute Gasteiger partial charge is 0.242 e. The number of rotatable bonds is 4. The lowest BCUT2D eigenvalue weighted by molar-refractivity contribution is -0.131. The number of para-hydroxylation sites is 1. The molecule has 0 unspecified atom stereocenters. The lowest BCUT2D eigenvalue weighted by atomic mass is 9.51. The predicted molar refractivity (Wildman–Crippen MR) is 205 cm³/mol. The lowest BCUT2D eigenvalue weighted by Crippen LogP contribution is -2.49. The Balaban J connectivity index is 1.16. The maximum Gasteiger partial charge on any atom is 0.242 e. The number of phenols is 1. The fourth-order valence-electron chi connectivity index (χ4n) is 9.55. The molecule has 3 aromatic carbocycles. The standard InChI is InChI=1S/C41H34Cl2N4O5S/c1-19-6-5-7-26(35(19)48)34-24-13-14-25-33(39(51)46(37(25)49)23-11-8-21(42)9-12-23)28(24)17-29-38(50)47(40(52)41(29,34)3)32-18-30(44-45(32)4)36-20(2)27-16-22(43)10-15-31(27)53-36/h5-13,15-16,18,25,28-29,33-34,48H,14,17H2,1-4H3/t25-,28+,29-,33-,34+,41+/m0/s1. The third kappa shape index (κ3) is 4.71. The quantitative estimate of drug-likeness (QED) is 0.145. The zero-order valence-electron chi connectivity index (χ0n) is 29.3. The summed E-state index contributed by atoms with van der Waals surface area (Å²) in [6, 6.07) is 19.5. The number of aromatic hydroxyl groups is 1. The minimum Gasteiger partial charge on any atom is -0.507 e. The number of fused-ring (bicyclic) bond motifs is 5. The number of aryl methyl sites for hydroxylation is 3. The predicted octanol–water partition coefficient (Wildman–Crippen LogP) is 8.37. The second-order valence-electron chi connectivity index (χ2n) is 14.9. The third-order valence-corrected chi connectivity index (χ3v) is 13.9. The average molecular weight is 766 g/mol. The molecule has 0 spiro atoms. The van der Waals surface area contributed by atoms with Crippen LogP contribution in [0.25, 0.3) is 20.7 Å². The van der Waals surface area contributed by atoms with E-state index in [4.69, 9.17) is 28.3 Å². The van der Waals surface area contributed by atoms with Crippen LogP contribution < -0.4 is 9.80 Å². The number of benzene rings is 3. The van der Waals surface area contributed by atoms with E-state index in [1.165, 1.54) is 9.80 Å². The Hall–Kier alpha value is -4.77. The summed E-state index contributed by atoms with van der Waals surface area (Å²) in [5.41, 5.74) is 2.71. The molecule has 0 bridgehead atoms. The SMILES string of the molecule is Cc1cccc([C@H]2C3=CC[C@@H]4C(=O)N(c5ccc(Cl)cc5)C(=O)[C@@H]4[C@@H]3C[C@H]3C(=O)N(c4cc(-c5sc6ccc(Cl)cc6c5C)nn4C)C(=O)[C@@]23C)c1O. The molecular weight excluding hydrogens is 731 g/mol. The van der Waals surface area contributed by atoms with Gasteiger partial charge in [0.1, 0.15) is 17.3 Å². The van der Waals surface area contributed by atoms with E-state index in [9.17, 15) is 19.5 Å². The number of amides is 4. The van der Waals surface area contributed by atoms with Crippen LogP contribution in [0.1, 0.15) is 42.4 Å². The number of allylic oxidation sites excluding steroid dienone is 2. The van der Waals surface area contributed by atoms with Crippen LogP contribution >= 0.6 is 34.5 Å². The number of halogens is 2. The number of hydrogen-bond donors (Lipinski definition) is 1. The van der Waals surface area contributed by atoms with Crippen molar-refractivity contribution in [1.29, 1.82) is 0 Å². The molecular formula is C41H34Cl2N4O5S. The molecule has 3 fully saturated rings. The van der Waals surface area contributed by atoms with Crippen molar-refractivity contribution in [3.8, 4) is 16.3 Å². The van der Waals surface area contributed by atoms with E-state index in [0.29, 0.717) is 44.8 Å². The summed E-state index contributed by atoms with van der Waals surface area (Å²) in [5.74, 6) is -4.49. The van der Waals surface area contributed by atoms with Crippen LogP contribution in [0.5, 0.6) is 5.75 Å². The largest absolute Gasteiger partial charge is 0.507 e. The number of imide groups is 2. The van der Waals surface area contributed by atoms with Crippen molar-refractivity contribution in [3.63, 3.8) is 0 Å². The van der Waals surface area contributed by atoms with Crippen molar-refractivity contribution < 1.29 is 24.3 Å². The topological polar surface area (TPSA) is 113 Å². The monoisotopic (exact) mass is 764 g/mol. The summed E-state index contributed by atoms with van der Waals surface area (Å²) in [7, 11) is 1.72. The van der Waals surface area contributed by atoms with Gasteiger partial charge in [-0.2, -0.15) is 5.10 Å². The van der Waals surface area contributed by atoms with E-state index < -0.39 is 46.8 Å². The van der Waals surface area contributed by atoms with Gasteiger partial charge >= 0.3 is 0 Å². The van der Waals surface area contributed by atoms with E-state index in [1.54, 1.807) is 72.5 Å². The maximum atomic E-state index is 15.1. The summed E-state index contributed by atoms with van der Waals surface area (Å²) < 4.78 is 2.61. The van der Waals surface area contributed by atoms with Gasteiger partial charge in [0.25, 0.3) is 0 Å². The molecule has 4 amide bonds. The molecule has 4 aliphatic rings. The van der Waals surface area contributed by atoms with E-state index in [2.05, 4.69) is 0 Å². The van der Waals surface area contributed by atoms with Gasteiger partial charge in [-0.1, -0.05) is 53.1 Å². The van der Waals surface area contributed by atoms with Crippen LogP contribution in [0, 0.1) is 42.9 Å². The minimum atomic E-state index is -1.31. The number of thiophene rings is 1. The summed E-state index contributed by atoms with van der Waals surface area (Å²) in [6.07, 6.45) is 2.48. The first-order valence-corrected chi connectivity index (χ1v) is 19.1. The highest BCUT2D eigenvalue weighted by Crippen LogP contribution is 2.64. The Morgan fingerprint density at radius 2 is 1.62 bits per heavy atom. The second-order valence-corrected chi connectivity index (χ2v) is 16.8. The number of carbonyl (C=O) groups excluding carboxylic acids is 4. The van der Waals surface area contributed by atoms with Gasteiger partial charge in [-0.05, 0) is 98.5 Å². The second kappa shape index (κ2) is 11.9. The van der Waals surface area contributed by atoms with Crippen LogP contribution in [-0.2, 0) is 26.2 Å². The molecule has 1 N–H and O–H groups in total. The van der Waals surface area contributed by atoms with Gasteiger partial charge in [-0.3, -0.25) is 28.8 Å². The molecule has 2 saturated heterocycles. The normalized spacial score (nSPS) is 26.7. The van der Waals surface area contributed by atoms with Crippen LogP contribution in [0.2, 0.25) is 10.0 Å². The number of nitrogens with zero attached hydrogens (tertiary/aromatic N) is 4. The van der Waals surface area contributed by atoms with E-state index in [-0.39, 0.29) is 24.0 Å². The molecule has 2 aromatic heterocycles. The molecule has 6 atom stereocenters. The molecule has 9 rings (SSSR count). The van der Waals surface area contributed by atoms with Crippen LogP contribution in [0.15, 0.2) is 78.4 Å². The van der Waals surface area contributed by atoms with Gasteiger partial charge in [0.2, 0.25) is 23.6 Å². The van der Waals surface area contributed by atoms with Crippen molar-refractivity contribution in [1.82, 2.24) is 9.78 Å². The zero-order valence-corrected chi connectivity index (χ0v) is 31.6. The Labute approximate surface area is 319 Å². The highest BCUT2D eigenvalue weighted by atomic mass is 35.5.